The van der Waals surface area contributed by atoms with Crippen molar-refractivity contribution in [2.75, 3.05) is 19.6 Å². The van der Waals surface area contributed by atoms with Gasteiger partial charge in [0, 0.05) is 26.2 Å². The maximum absolute atomic E-state index is 2.58. The molecule has 1 aromatic carbocycles. The highest BCUT2D eigenvalue weighted by molar-refractivity contribution is 14.1. The minimum atomic E-state index is 0.633. The number of rotatable bonds is 2. The Hall–Kier alpha value is -0.130. The van der Waals surface area contributed by atoms with Crippen LogP contribution in [0.2, 0.25) is 0 Å². The van der Waals surface area contributed by atoms with E-state index in [9.17, 15) is 0 Å². The summed E-state index contributed by atoms with van der Waals surface area (Å²) in [5, 5.41) is 0. The predicted octanol–water partition coefficient (Wildman–Crippen LogP) is 3.20. The number of benzene rings is 1. The van der Waals surface area contributed by atoms with Crippen molar-refractivity contribution in [2.45, 2.75) is 43.8 Å². The SMILES string of the molecule is CCN1CCc2cc3c(cc2C1)CN(C(C)I)CC3. The zero-order valence-corrected chi connectivity index (χ0v) is 14.1. The van der Waals surface area contributed by atoms with Crippen LogP contribution in [0.4, 0.5) is 0 Å². The quantitative estimate of drug-likeness (QED) is 0.448. The summed E-state index contributed by atoms with van der Waals surface area (Å²) in [6, 6.07) is 5.00. The molecule has 2 aliphatic rings. The lowest BCUT2D eigenvalue weighted by Crippen LogP contribution is -2.35. The molecule has 0 spiro atoms. The van der Waals surface area contributed by atoms with E-state index in [1.54, 1.807) is 22.3 Å². The molecule has 2 nitrogen and oxygen atoms in total. The van der Waals surface area contributed by atoms with Gasteiger partial charge in [0.15, 0.2) is 0 Å². The summed E-state index contributed by atoms with van der Waals surface area (Å²) in [5.41, 5.74) is 6.37. The number of nitrogens with zero attached hydrogens (tertiary/aromatic N) is 2. The molecule has 0 saturated heterocycles. The van der Waals surface area contributed by atoms with Crippen molar-refractivity contribution in [3.05, 3.63) is 34.4 Å². The molecule has 0 fully saturated rings. The lowest BCUT2D eigenvalue weighted by molar-refractivity contribution is 0.252. The fraction of sp³-hybridized carbons (Fsp3) is 0.625. The highest BCUT2D eigenvalue weighted by atomic mass is 127. The molecule has 0 N–H and O–H groups in total. The van der Waals surface area contributed by atoms with Gasteiger partial charge in [0.1, 0.15) is 0 Å². The fourth-order valence-electron chi connectivity index (χ4n) is 3.29. The smallest absolute Gasteiger partial charge is 0.0593 e. The third-order valence-corrected chi connectivity index (χ3v) is 5.39. The Balaban J connectivity index is 1.87. The zero-order valence-electron chi connectivity index (χ0n) is 12.0. The van der Waals surface area contributed by atoms with Crippen molar-refractivity contribution in [3.63, 3.8) is 0 Å². The van der Waals surface area contributed by atoms with Gasteiger partial charge >= 0.3 is 0 Å². The number of fused-ring (bicyclic) bond motifs is 2. The Morgan fingerprint density at radius 3 is 2.37 bits per heavy atom. The van der Waals surface area contributed by atoms with E-state index in [0.29, 0.717) is 4.05 Å². The monoisotopic (exact) mass is 370 g/mol. The standard InChI is InChI=1S/C16H23IN2/c1-3-18-6-4-13-8-14-5-7-19(12(2)17)11-16(14)9-15(13)10-18/h8-9,12H,3-7,10-11H2,1-2H3. The summed E-state index contributed by atoms with van der Waals surface area (Å²) in [6.07, 6.45) is 2.47. The molecule has 3 heteroatoms. The number of hydrogen-bond acceptors (Lipinski definition) is 2. The average Bonchev–Trinajstić information content (AvgIpc) is 2.43. The Morgan fingerprint density at radius 1 is 1.05 bits per heavy atom. The van der Waals surface area contributed by atoms with Crippen molar-refractivity contribution < 1.29 is 0 Å². The van der Waals surface area contributed by atoms with Crippen LogP contribution in [0.25, 0.3) is 0 Å². The second-order valence-electron chi connectivity index (χ2n) is 5.80. The third kappa shape index (κ3) is 2.83. The molecule has 1 aromatic rings. The van der Waals surface area contributed by atoms with Crippen LogP contribution in [-0.2, 0) is 25.9 Å². The molecule has 2 heterocycles. The number of halogens is 1. The summed E-state index contributed by atoms with van der Waals surface area (Å²) in [4.78, 5) is 5.13. The summed E-state index contributed by atoms with van der Waals surface area (Å²) in [5.74, 6) is 0. The van der Waals surface area contributed by atoms with E-state index in [1.165, 1.54) is 32.5 Å². The summed E-state index contributed by atoms with van der Waals surface area (Å²) in [6.45, 7) is 10.5. The molecular formula is C16H23IN2. The molecule has 104 valence electrons. The van der Waals surface area contributed by atoms with Gasteiger partial charge in [-0.2, -0.15) is 0 Å². The first-order valence-electron chi connectivity index (χ1n) is 7.41. The molecule has 0 amide bonds. The van der Waals surface area contributed by atoms with E-state index in [1.807, 2.05) is 0 Å². The number of alkyl halides is 1. The maximum Gasteiger partial charge on any atom is 0.0593 e. The van der Waals surface area contributed by atoms with Crippen molar-refractivity contribution in [1.82, 2.24) is 9.80 Å². The molecule has 3 rings (SSSR count). The zero-order chi connectivity index (χ0) is 13.4. The topological polar surface area (TPSA) is 6.48 Å². The molecule has 0 radical (unpaired) electrons. The number of hydrogen-bond donors (Lipinski definition) is 0. The van der Waals surface area contributed by atoms with E-state index in [2.05, 4.69) is 58.4 Å². The normalized spacial score (nSPS) is 21.8. The van der Waals surface area contributed by atoms with Gasteiger partial charge in [-0.1, -0.05) is 41.6 Å². The molecule has 0 saturated carbocycles. The molecule has 0 aromatic heterocycles. The third-order valence-electron chi connectivity index (χ3n) is 4.61. The van der Waals surface area contributed by atoms with Crippen molar-refractivity contribution in [1.29, 1.82) is 0 Å². The molecular weight excluding hydrogens is 347 g/mol. The van der Waals surface area contributed by atoms with E-state index < -0.39 is 0 Å². The molecule has 0 bridgehead atoms. The molecule has 19 heavy (non-hydrogen) atoms. The van der Waals surface area contributed by atoms with Crippen LogP contribution >= 0.6 is 22.6 Å². The maximum atomic E-state index is 2.58. The van der Waals surface area contributed by atoms with Crippen LogP contribution < -0.4 is 0 Å². The summed E-state index contributed by atoms with van der Waals surface area (Å²) >= 11 is 2.53. The van der Waals surface area contributed by atoms with Crippen LogP contribution in [0, 0.1) is 0 Å². The van der Waals surface area contributed by atoms with Gasteiger partial charge in [0.25, 0.3) is 0 Å². The largest absolute Gasteiger partial charge is 0.299 e. The van der Waals surface area contributed by atoms with Gasteiger partial charge in [-0.25, -0.2) is 0 Å². The Labute approximate surface area is 130 Å². The van der Waals surface area contributed by atoms with Crippen molar-refractivity contribution in [3.8, 4) is 0 Å². The van der Waals surface area contributed by atoms with Crippen LogP contribution in [0.1, 0.15) is 36.1 Å². The lowest BCUT2D eigenvalue weighted by Gasteiger charge is -2.34. The van der Waals surface area contributed by atoms with E-state index in [4.69, 9.17) is 0 Å². The average molecular weight is 370 g/mol. The Morgan fingerprint density at radius 2 is 1.68 bits per heavy atom. The number of likely N-dealkylation sites (N-methyl/N-ethyl adjacent to an activating group) is 1. The van der Waals surface area contributed by atoms with Gasteiger partial charge in [0.2, 0.25) is 0 Å². The van der Waals surface area contributed by atoms with Crippen LogP contribution in [-0.4, -0.2) is 33.5 Å². The first-order chi connectivity index (χ1) is 9.17. The first-order valence-corrected chi connectivity index (χ1v) is 8.66. The summed E-state index contributed by atoms with van der Waals surface area (Å²) in [7, 11) is 0. The van der Waals surface area contributed by atoms with Gasteiger partial charge in [0.05, 0.1) is 4.05 Å². The van der Waals surface area contributed by atoms with E-state index in [0.717, 1.165) is 13.1 Å². The molecule has 2 aliphatic heterocycles. The van der Waals surface area contributed by atoms with Crippen molar-refractivity contribution in [2.24, 2.45) is 0 Å². The highest BCUT2D eigenvalue weighted by Gasteiger charge is 2.22. The minimum absolute atomic E-state index is 0.633. The van der Waals surface area contributed by atoms with Crippen molar-refractivity contribution >= 4 is 22.6 Å². The van der Waals surface area contributed by atoms with E-state index in [-0.39, 0.29) is 0 Å². The Bertz CT molecular complexity index is 470. The molecule has 0 aliphatic carbocycles. The van der Waals surface area contributed by atoms with E-state index >= 15 is 0 Å². The Kier molecular flexibility index (Phi) is 4.15. The molecule has 1 unspecified atom stereocenters. The highest BCUT2D eigenvalue weighted by Crippen LogP contribution is 2.28. The second kappa shape index (κ2) is 5.70. The second-order valence-corrected chi connectivity index (χ2v) is 7.61. The van der Waals surface area contributed by atoms with Crippen LogP contribution in [0.3, 0.4) is 0 Å². The minimum Gasteiger partial charge on any atom is -0.299 e. The lowest BCUT2D eigenvalue weighted by atomic mass is 9.90. The van der Waals surface area contributed by atoms with Gasteiger partial charge in [-0.15, -0.1) is 0 Å². The first kappa shape index (κ1) is 13.8. The van der Waals surface area contributed by atoms with Crippen LogP contribution in [0.5, 0.6) is 0 Å². The summed E-state index contributed by atoms with van der Waals surface area (Å²) < 4.78 is 0.633. The van der Waals surface area contributed by atoms with Crippen LogP contribution in [0.15, 0.2) is 12.1 Å². The predicted molar refractivity (Wildman–Crippen MR) is 88.7 cm³/mol. The fourth-order valence-corrected chi connectivity index (χ4v) is 3.76. The van der Waals surface area contributed by atoms with Gasteiger partial charge < -0.3 is 0 Å². The van der Waals surface area contributed by atoms with Gasteiger partial charge in [-0.05, 0) is 48.6 Å². The van der Waals surface area contributed by atoms with Gasteiger partial charge in [-0.3, -0.25) is 9.80 Å². The molecule has 1 atom stereocenters.